The first-order valence-electron chi connectivity index (χ1n) is 5.08. The highest BCUT2D eigenvalue weighted by Crippen LogP contribution is 2.07. The average Bonchev–Trinajstić information content (AvgIpc) is 2.05. The van der Waals surface area contributed by atoms with E-state index in [9.17, 15) is 4.79 Å². The second-order valence-electron chi connectivity index (χ2n) is 3.79. The Balaban J connectivity index is 4.11. The third-order valence-electron chi connectivity index (χ3n) is 2.41. The highest BCUT2D eigenvalue weighted by Gasteiger charge is 2.18. The largest absolute Gasteiger partial charge is 0.368 e. The van der Waals surface area contributed by atoms with Crippen LogP contribution in [0.2, 0.25) is 0 Å². The molecule has 0 bridgehead atoms. The van der Waals surface area contributed by atoms with Crippen LogP contribution in [0.4, 0.5) is 0 Å². The van der Waals surface area contributed by atoms with Crippen molar-refractivity contribution in [1.29, 1.82) is 0 Å². The van der Waals surface area contributed by atoms with Crippen molar-refractivity contribution in [2.75, 3.05) is 0 Å². The molecule has 3 heteroatoms. The van der Waals surface area contributed by atoms with Gasteiger partial charge in [-0.05, 0) is 18.8 Å². The molecule has 3 N–H and O–H groups in total. The second-order valence-corrected chi connectivity index (χ2v) is 3.79. The highest BCUT2D eigenvalue weighted by atomic mass is 16.1. The minimum atomic E-state index is -0.249. The number of carbonyl (C=O) groups is 1. The zero-order chi connectivity index (χ0) is 10.4. The van der Waals surface area contributed by atoms with Gasteiger partial charge in [0.2, 0.25) is 5.91 Å². The molecule has 0 aromatic rings. The lowest BCUT2D eigenvalue weighted by molar-refractivity contribution is -0.120. The van der Waals surface area contributed by atoms with Gasteiger partial charge in [-0.15, -0.1) is 0 Å². The van der Waals surface area contributed by atoms with Gasteiger partial charge in [0.1, 0.15) is 0 Å². The molecule has 0 spiro atoms. The van der Waals surface area contributed by atoms with Crippen LogP contribution in [0.15, 0.2) is 0 Å². The first kappa shape index (κ1) is 12.4. The molecule has 78 valence electrons. The maximum absolute atomic E-state index is 11.0. The third-order valence-corrected chi connectivity index (χ3v) is 2.41. The standard InChI is InChI=1S/C10H22N2O/c1-5-8(7(3)4)12-9(6-2)10(11)13/h7-9,12H,5-6H2,1-4H3,(H2,11,13). The van der Waals surface area contributed by atoms with Gasteiger partial charge < -0.3 is 11.1 Å². The molecule has 0 aromatic heterocycles. The summed E-state index contributed by atoms with van der Waals surface area (Å²) in [5, 5.41) is 3.28. The van der Waals surface area contributed by atoms with Gasteiger partial charge in [-0.1, -0.05) is 27.7 Å². The van der Waals surface area contributed by atoms with E-state index in [4.69, 9.17) is 5.73 Å². The fourth-order valence-electron chi connectivity index (χ4n) is 1.44. The molecular weight excluding hydrogens is 164 g/mol. The number of amides is 1. The topological polar surface area (TPSA) is 55.1 Å². The highest BCUT2D eigenvalue weighted by molar-refractivity contribution is 5.79. The maximum Gasteiger partial charge on any atom is 0.234 e. The van der Waals surface area contributed by atoms with Gasteiger partial charge in [0.05, 0.1) is 6.04 Å². The molecule has 0 saturated carbocycles. The van der Waals surface area contributed by atoms with E-state index in [1.54, 1.807) is 0 Å². The maximum atomic E-state index is 11.0. The number of hydrogen-bond donors (Lipinski definition) is 2. The van der Waals surface area contributed by atoms with Gasteiger partial charge in [-0.25, -0.2) is 0 Å². The summed E-state index contributed by atoms with van der Waals surface area (Å²) < 4.78 is 0. The molecule has 2 unspecified atom stereocenters. The lowest BCUT2D eigenvalue weighted by Crippen LogP contribution is -2.47. The molecule has 0 aliphatic rings. The van der Waals surface area contributed by atoms with Crippen molar-refractivity contribution in [2.24, 2.45) is 11.7 Å². The van der Waals surface area contributed by atoms with Crippen LogP contribution in [0.1, 0.15) is 40.5 Å². The molecule has 13 heavy (non-hydrogen) atoms. The molecular formula is C10H22N2O. The van der Waals surface area contributed by atoms with Gasteiger partial charge in [-0.3, -0.25) is 4.79 Å². The normalized spacial score (nSPS) is 15.8. The average molecular weight is 186 g/mol. The Hall–Kier alpha value is -0.570. The first-order chi connectivity index (χ1) is 6.02. The molecule has 0 saturated heterocycles. The van der Waals surface area contributed by atoms with Crippen molar-refractivity contribution in [3.8, 4) is 0 Å². The molecule has 0 fully saturated rings. The first-order valence-corrected chi connectivity index (χ1v) is 5.08. The summed E-state index contributed by atoms with van der Waals surface area (Å²) in [6.45, 7) is 8.38. The van der Waals surface area contributed by atoms with E-state index in [1.165, 1.54) is 0 Å². The molecule has 0 aromatic carbocycles. The summed E-state index contributed by atoms with van der Waals surface area (Å²) in [5.74, 6) is 0.292. The Bertz CT molecular complexity index is 157. The van der Waals surface area contributed by atoms with Crippen LogP contribution in [-0.2, 0) is 4.79 Å². The minimum Gasteiger partial charge on any atom is -0.368 e. The number of rotatable bonds is 6. The van der Waals surface area contributed by atoms with Gasteiger partial charge >= 0.3 is 0 Å². The van der Waals surface area contributed by atoms with Crippen molar-refractivity contribution in [3.05, 3.63) is 0 Å². The summed E-state index contributed by atoms with van der Waals surface area (Å²) in [6, 6.07) is 0.213. The van der Waals surface area contributed by atoms with Crippen molar-refractivity contribution in [1.82, 2.24) is 5.32 Å². The summed E-state index contributed by atoms with van der Waals surface area (Å²) in [6.07, 6.45) is 1.79. The van der Waals surface area contributed by atoms with Crippen LogP contribution < -0.4 is 11.1 Å². The monoisotopic (exact) mass is 186 g/mol. The van der Waals surface area contributed by atoms with E-state index in [0.717, 1.165) is 12.8 Å². The predicted molar refractivity (Wildman–Crippen MR) is 55.3 cm³/mol. The second kappa shape index (κ2) is 5.97. The molecule has 0 aliphatic carbocycles. The smallest absolute Gasteiger partial charge is 0.234 e. The zero-order valence-electron chi connectivity index (χ0n) is 9.13. The van der Waals surface area contributed by atoms with Crippen molar-refractivity contribution < 1.29 is 4.79 Å². The van der Waals surface area contributed by atoms with E-state index < -0.39 is 0 Å². The van der Waals surface area contributed by atoms with Crippen LogP contribution >= 0.6 is 0 Å². The molecule has 0 heterocycles. The van der Waals surface area contributed by atoms with Gasteiger partial charge in [0.15, 0.2) is 0 Å². The van der Waals surface area contributed by atoms with E-state index in [0.29, 0.717) is 12.0 Å². The SMILES string of the molecule is CCC(NC(CC)C(C)C)C(N)=O. The summed E-state index contributed by atoms with van der Waals surface area (Å²) >= 11 is 0. The van der Waals surface area contributed by atoms with Crippen LogP contribution in [0.3, 0.4) is 0 Å². The number of nitrogens with one attached hydrogen (secondary N) is 1. The van der Waals surface area contributed by atoms with Gasteiger partial charge in [0.25, 0.3) is 0 Å². The van der Waals surface area contributed by atoms with Crippen LogP contribution in [0.25, 0.3) is 0 Å². The molecule has 2 atom stereocenters. The van der Waals surface area contributed by atoms with Crippen molar-refractivity contribution >= 4 is 5.91 Å². The molecule has 1 amide bonds. The minimum absolute atomic E-state index is 0.174. The fourth-order valence-corrected chi connectivity index (χ4v) is 1.44. The predicted octanol–water partition coefficient (Wildman–Crippen LogP) is 1.27. The lowest BCUT2D eigenvalue weighted by atomic mass is 10.00. The summed E-state index contributed by atoms with van der Waals surface area (Å²) in [4.78, 5) is 11.0. The zero-order valence-corrected chi connectivity index (χ0v) is 9.13. The van der Waals surface area contributed by atoms with E-state index in [-0.39, 0.29) is 11.9 Å². The number of carbonyl (C=O) groups excluding carboxylic acids is 1. The van der Waals surface area contributed by atoms with E-state index >= 15 is 0 Å². The number of primary amides is 1. The molecule has 3 nitrogen and oxygen atoms in total. The molecule has 0 aliphatic heterocycles. The number of nitrogens with two attached hydrogens (primary N) is 1. The van der Waals surface area contributed by atoms with Crippen LogP contribution in [0, 0.1) is 5.92 Å². The third kappa shape index (κ3) is 4.27. The molecule has 0 rings (SSSR count). The summed E-state index contributed by atoms with van der Waals surface area (Å²) in [7, 11) is 0. The fraction of sp³-hybridized carbons (Fsp3) is 0.900. The van der Waals surface area contributed by atoms with E-state index in [1.807, 2.05) is 6.92 Å². The van der Waals surface area contributed by atoms with Crippen LogP contribution in [-0.4, -0.2) is 18.0 Å². The van der Waals surface area contributed by atoms with Gasteiger partial charge in [0, 0.05) is 6.04 Å². The van der Waals surface area contributed by atoms with Gasteiger partial charge in [-0.2, -0.15) is 0 Å². The Labute approximate surface area is 81.1 Å². The number of hydrogen-bond acceptors (Lipinski definition) is 2. The Kier molecular flexibility index (Phi) is 5.71. The summed E-state index contributed by atoms with van der Waals surface area (Å²) in [5.41, 5.74) is 5.25. The molecule has 0 radical (unpaired) electrons. The Morgan fingerprint density at radius 2 is 1.85 bits per heavy atom. The van der Waals surface area contributed by atoms with Crippen molar-refractivity contribution in [2.45, 2.75) is 52.6 Å². The Morgan fingerprint density at radius 1 is 1.31 bits per heavy atom. The van der Waals surface area contributed by atoms with Crippen LogP contribution in [0.5, 0.6) is 0 Å². The van der Waals surface area contributed by atoms with Crippen molar-refractivity contribution in [3.63, 3.8) is 0 Å². The lowest BCUT2D eigenvalue weighted by Gasteiger charge is -2.25. The van der Waals surface area contributed by atoms with E-state index in [2.05, 4.69) is 26.1 Å². The Morgan fingerprint density at radius 3 is 2.08 bits per heavy atom. The quantitative estimate of drug-likeness (QED) is 0.656.